The van der Waals surface area contributed by atoms with E-state index in [0.29, 0.717) is 18.4 Å². The summed E-state index contributed by atoms with van der Waals surface area (Å²) in [6, 6.07) is 8.28. The van der Waals surface area contributed by atoms with Gasteiger partial charge in [-0.05, 0) is 37.8 Å². The summed E-state index contributed by atoms with van der Waals surface area (Å²) in [5.74, 6) is 1.46. The summed E-state index contributed by atoms with van der Waals surface area (Å²) in [4.78, 5) is 12.4. The average molecular weight is 304 g/mol. The molecule has 0 aromatic heterocycles. The normalized spacial score (nSPS) is 19.2. The number of rotatable bonds is 7. The molecule has 2 N–H and O–H groups in total. The molecule has 4 nitrogen and oxygen atoms in total. The molecule has 0 aliphatic carbocycles. The van der Waals surface area contributed by atoms with Crippen LogP contribution in [0.15, 0.2) is 24.3 Å². The summed E-state index contributed by atoms with van der Waals surface area (Å²) in [7, 11) is 1.68. The third-order valence-corrected chi connectivity index (χ3v) is 4.15. The number of hydrogen-bond acceptors (Lipinski definition) is 3. The Balaban J connectivity index is 2.06. The van der Waals surface area contributed by atoms with Crippen LogP contribution in [0.5, 0.6) is 5.75 Å². The largest absolute Gasteiger partial charge is 0.496 e. The maximum atomic E-state index is 12.4. The third-order valence-electron chi connectivity index (χ3n) is 4.15. The van der Waals surface area contributed by atoms with Gasteiger partial charge in [-0.1, -0.05) is 32.0 Å². The summed E-state index contributed by atoms with van der Waals surface area (Å²) >= 11 is 0. The van der Waals surface area contributed by atoms with E-state index >= 15 is 0 Å². The van der Waals surface area contributed by atoms with Crippen molar-refractivity contribution in [2.45, 2.75) is 51.6 Å². The first-order chi connectivity index (χ1) is 10.6. The van der Waals surface area contributed by atoms with Gasteiger partial charge in [-0.2, -0.15) is 0 Å². The number of para-hydroxylation sites is 1. The van der Waals surface area contributed by atoms with Crippen LogP contribution in [0.1, 0.15) is 51.1 Å². The molecule has 1 aromatic rings. The van der Waals surface area contributed by atoms with Crippen molar-refractivity contribution in [3.8, 4) is 5.75 Å². The van der Waals surface area contributed by atoms with Crippen molar-refractivity contribution in [1.82, 2.24) is 10.6 Å². The molecule has 1 amide bonds. The molecule has 1 heterocycles. The van der Waals surface area contributed by atoms with Crippen LogP contribution in [0.3, 0.4) is 0 Å². The lowest BCUT2D eigenvalue weighted by Gasteiger charge is -2.23. The Kier molecular flexibility index (Phi) is 6.25. The van der Waals surface area contributed by atoms with Crippen molar-refractivity contribution < 1.29 is 9.53 Å². The minimum atomic E-state index is 0.00468. The van der Waals surface area contributed by atoms with Gasteiger partial charge in [0.2, 0.25) is 5.91 Å². The van der Waals surface area contributed by atoms with Crippen LogP contribution in [0, 0.1) is 5.92 Å². The third kappa shape index (κ3) is 4.73. The number of nitrogens with one attached hydrogen (secondary N) is 2. The van der Waals surface area contributed by atoms with Crippen LogP contribution in [-0.2, 0) is 4.79 Å². The predicted molar refractivity (Wildman–Crippen MR) is 89.0 cm³/mol. The van der Waals surface area contributed by atoms with Crippen LogP contribution >= 0.6 is 0 Å². The Morgan fingerprint density at radius 3 is 2.82 bits per heavy atom. The molecule has 1 aromatic carbocycles. The van der Waals surface area contributed by atoms with Gasteiger partial charge in [0.1, 0.15) is 5.75 Å². The minimum Gasteiger partial charge on any atom is -0.496 e. The molecule has 2 atom stereocenters. The summed E-state index contributed by atoms with van der Waals surface area (Å²) in [5, 5.41) is 6.59. The Hall–Kier alpha value is -1.55. The van der Waals surface area contributed by atoms with Crippen molar-refractivity contribution in [3.63, 3.8) is 0 Å². The highest BCUT2D eigenvalue weighted by Crippen LogP contribution is 2.29. The summed E-state index contributed by atoms with van der Waals surface area (Å²) in [6.45, 7) is 5.38. The molecule has 0 spiro atoms. The molecule has 1 aliphatic rings. The average Bonchev–Trinajstić information content (AvgIpc) is 2.98. The van der Waals surface area contributed by atoms with Gasteiger partial charge in [-0.25, -0.2) is 0 Å². The Morgan fingerprint density at radius 2 is 2.18 bits per heavy atom. The highest BCUT2D eigenvalue weighted by molar-refractivity contribution is 5.77. The molecule has 2 rings (SSSR count). The van der Waals surface area contributed by atoms with E-state index in [1.165, 1.54) is 6.42 Å². The van der Waals surface area contributed by atoms with Crippen molar-refractivity contribution in [1.29, 1.82) is 0 Å². The number of carbonyl (C=O) groups is 1. The lowest BCUT2D eigenvalue weighted by Crippen LogP contribution is -2.34. The molecular weight excluding hydrogens is 276 g/mol. The zero-order chi connectivity index (χ0) is 15.9. The molecule has 4 heteroatoms. The Bertz CT molecular complexity index is 482. The minimum absolute atomic E-state index is 0.00468. The molecule has 1 aliphatic heterocycles. The van der Waals surface area contributed by atoms with E-state index < -0.39 is 0 Å². The smallest absolute Gasteiger partial charge is 0.222 e. The molecule has 122 valence electrons. The number of hydrogen-bond donors (Lipinski definition) is 2. The van der Waals surface area contributed by atoms with Gasteiger partial charge in [0.05, 0.1) is 13.2 Å². The molecule has 0 bridgehead atoms. The van der Waals surface area contributed by atoms with Gasteiger partial charge >= 0.3 is 0 Å². The van der Waals surface area contributed by atoms with Crippen molar-refractivity contribution in [3.05, 3.63) is 29.8 Å². The predicted octanol–water partition coefficient (Wildman–Crippen LogP) is 3.04. The van der Waals surface area contributed by atoms with E-state index in [1.54, 1.807) is 7.11 Å². The fourth-order valence-corrected chi connectivity index (χ4v) is 3.10. The number of benzene rings is 1. The number of carbonyl (C=O) groups excluding carboxylic acids is 1. The quantitative estimate of drug-likeness (QED) is 0.814. The standard InChI is InChI=1S/C18H28N2O2/c1-13(2)11-16(15-8-4-5-9-17(15)22-3)20-18(21)12-14-7-6-10-19-14/h4-5,8-9,13-14,16,19H,6-7,10-12H2,1-3H3,(H,20,21). The first-order valence-electron chi connectivity index (χ1n) is 8.25. The number of ether oxygens (including phenoxy) is 1. The summed E-state index contributed by atoms with van der Waals surface area (Å²) in [5.41, 5.74) is 1.06. The van der Waals surface area contributed by atoms with E-state index in [9.17, 15) is 4.79 Å². The SMILES string of the molecule is COc1ccccc1C(CC(C)C)NC(=O)CC1CCCN1. The zero-order valence-electron chi connectivity index (χ0n) is 13.9. The van der Waals surface area contributed by atoms with Crippen LogP contribution in [0.2, 0.25) is 0 Å². The second kappa shape index (κ2) is 8.18. The molecule has 22 heavy (non-hydrogen) atoms. The van der Waals surface area contributed by atoms with E-state index in [2.05, 4.69) is 24.5 Å². The molecule has 2 unspecified atom stereocenters. The maximum Gasteiger partial charge on any atom is 0.222 e. The molecule has 0 saturated carbocycles. The lowest BCUT2D eigenvalue weighted by atomic mass is 9.96. The van der Waals surface area contributed by atoms with Gasteiger partial charge in [0.25, 0.3) is 0 Å². The van der Waals surface area contributed by atoms with Crippen LogP contribution in [0.4, 0.5) is 0 Å². The van der Waals surface area contributed by atoms with Crippen LogP contribution in [0.25, 0.3) is 0 Å². The fourth-order valence-electron chi connectivity index (χ4n) is 3.10. The van der Waals surface area contributed by atoms with E-state index in [1.807, 2.05) is 24.3 Å². The Labute approximate surface area is 133 Å². The second-order valence-electron chi connectivity index (χ2n) is 6.49. The van der Waals surface area contributed by atoms with Crippen molar-refractivity contribution in [2.75, 3.05) is 13.7 Å². The molecular formula is C18H28N2O2. The van der Waals surface area contributed by atoms with Gasteiger partial charge in [0, 0.05) is 18.0 Å². The zero-order valence-corrected chi connectivity index (χ0v) is 13.9. The number of methoxy groups -OCH3 is 1. The molecule has 1 saturated heterocycles. The summed E-state index contributed by atoms with van der Waals surface area (Å²) < 4.78 is 5.46. The van der Waals surface area contributed by atoms with E-state index in [4.69, 9.17) is 4.74 Å². The second-order valence-corrected chi connectivity index (χ2v) is 6.49. The fraction of sp³-hybridized carbons (Fsp3) is 0.611. The maximum absolute atomic E-state index is 12.4. The number of amides is 1. The monoisotopic (exact) mass is 304 g/mol. The Morgan fingerprint density at radius 1 is 1.41 bits per heavy atom. The van der Waals surface area contributed by atoms with E-state index in [-0.39, 0.29) is 11.9 Å². The van der Waals surface area contributed by atoms with Gasteiger partial charge in [0.15, 0.2) is 0 Å². The van der Waals surface area contributed by atoms with Gasteiger partial charge in [-0.3, -0.25) is 4.79 Å². The van der Waals surface area contributed by atoms with Crippen LogP contribution < -0.4 is 15.4 Å². The first-order valence-corrected chi connectivity index (χ1v) is 8.25. The van der Waals surface area contributed by atoms with Gasteiger partial charge < -0.3 is 15.4 Å². The van der Waals surface area contributed by atoms with Crippen molar-refractivity contribution in [2.24, 2.45) is 5.92 Å². The first kappa shape index (κ1) is 16.8. The van der Waals surface area contributed by atoms with Gasteiger partial charge in [-0.15, -0.1) is 0 Å². The van der Waals surface area contributed by atoms with E-state index in [0.717, 1.165) is 30.7 Å². The topological polar surface area (TPSA) is 50.4 Å². The molecule has 0 radical (unpaired) electrons. The van der Waals surface area contributed by atoms with Crippen LogP contribution in [-0.4, -0.2) is 25.6 Å². The van der Waals surface area contributed by atoms with Crippen molar-refractivity contribution >= 4 is 5.91 Å². The highest BCUT2D eigenvalue weighted by atomic mass is 16.5. The summed E-state index contributed by atoms with van der Waals surface area (Å²) in [6.07, 6.45) is 3.73. The lowest BCUT2D eigenvalue weighted by molar-refractivity contribution is -0.122. The highest BCUT2D eigenvalue weighted by Gasteiger charge is 2.22. The molecule has 1 fully saturated rings.